The summed E-state index contributed by atoms with van der Waals surface area (Å²) in [6.45, 7) is 0.136. The molecule has 3 rings (SSSR count). The molecule has 2 amide bonds. The summed E-state index contributed by atoms with van der Waals surface area (Å²) in [5, 5.41) is 9.67. The minimum Gasteiger partial charge on any atom is -0.351 e. The van der Waals surface area contributed by atoms with Gasteiger partial charge in [0.25, 0.3) is 5.91 Å². The second-order valence-electron chi connectivity index (χ2n) is 5.19. The molecule has 0 fully saturated rings. The van der Waals surface area contributed by atoms with E-state index in [-0.39, 0.29) is 24.4 Å². The molecule has 0 aliphatic carbocycles. The summed E-state index contributed by atoms with van der Waals surface area (Å²) in [6.07, 6.45) is 0.0899. The Morgan fingerprint density at radius 3 is 2.85 bits per heavy atom. The van der Waals surface area contributed by atoms with Crippen LogP contribution in [0.1, 0.15) is 16.8 Å². The Balaban J connectivity index is 1.48. The second-order valence-corrected chi connectivity index (χ2v) is 7.85. The highest BCUT2D eigenvalue weighted by molar-refractivity contribution is 9.10. The predicted molar refractivity (Wildman–Crippen MR) is 105 cm³/mol. The van der Waals surface area contributed by atoms with Gasteiger partial charge in [-0.05, 0) is 45.6 Å². The number of carbonyl (C=O) groups is 2. The molecule has 134 valence electrons. The Labute approximate surface area is 165 Å². The van der Waals surface area contributed by atoms with E-state index in [1.165, 1.54) is 23.5 Å². The van der Waals surface area contributed by atoms with Crippen molar-refractivity contribution >= 4 is 55.5 Å². The van der Waals surface area contributed by atoms with E-state index in [0.717, 1.165) is 16.6 Å². The molecule has 0 saturated heterocycles. The van der Waals surface area contributed by atoms with E-state index >= 15 is 0 Å². The second kappa shape index (κ2) is 8.52. The summed E-state index contributed by atoms with van der Waals surface area (Å²) < 4.78 is 13.7. The number of halogens is 2. The zero-order chi connectivity index (χ0) is 18.5. The zero-order valence-corrected chi connectivity index (χ0v) is 16.5. The molecule has 0 aliphatic heterocycles. The number of amides is 2. The van der Waals surface area contributed by atoms with Crippen LogP contribution in [0, 0.1) is 5.82 Å². The van der Waals surface area contributed by atoms with Crippen LogP contribution in [0.15, 0.2) is 45.6 Å². The van der Waals surface area contributed by atoms with Crippen molar-refractivity contribution in [2.45, 2.75) is 6.42 Å². The van der Waals surface area contributed by atoms with Crippen LogP contribution in [-0.2, 0) is 4.79 Å². The average molecular weight is 454 g/mol. The number of hydrogen-bond acceptors (Lipinski definition) is 5. The van der Waals surface area contributed by atoms with Crippen molar-refractivity contribution in [3.63, 3.8) is 0 Å². The van der Waals surface area contributed by atoms with E-state index in [2.05, 4.69) is 31.5 Å². The van der Waals surface area contributed by atoms with E-state index in [4.69, 9.17) is 0 Å². The topological polar surface area (TPSA) is 71.1 Å². The van der Waals surface area contributed by atoms with Crippen LogP contribution in [0.25, 0.3) is 10.6 Å². The van der Waals surface area contributed by atoms with E-state index < -0.39 is 11.7 Å². The number of benzene rings is 1. The largest absolute Gasteiger partial charge is 0.351 e. The lowest BCUT2D eigenvalue weighted by Gasteiger charge is -2.07. The normalized spacial score (nSPS) is 10.5. The molecule has 0 atom stereocenters. The molecule has 0 unspecified atom stereocenters. The van der Waals surface area contributed by atoms with Crippen LogP contribution in [0.5, 0.6) is 0 Å². The SMILES string of the molecule is O=C(CCNC(=O)c1cc(F)ccc1Br)Nc1nc(-c2cccs2)cs1. The first-order valence-corrected chi connectivity index (χ1v) is 10.1. The van der Waals surface area contributed by atoms with E-state index in [0.29, 0.717) is 9.60 Å². The number of thiazole rings is 1. The standard InChI is InChI=1S/C17H13BrFN3O2S2/c18-12-4-3-10(19)8-11(12)16(24)20-6-5-15(23)22-17-21-13(9-26-17)14-2-1-7-25-14/h1-4,7-9H,5-6H2,(H,20,24)(H,21,22,23). The predicted octanol–water partition coefficient (Wildman–Crippen LogP) is 4.53. The van der Waals surface area contributed by atoms with Crippen molar-refractivity contribution in [3.8, 4) is 10.6 Å². The maximum absolute atomic E-state index is 13.2. The van der Waals surface area contributed by atoms with Crippen LogP contribution < -0.4 is 10.6 Å². The van der Waals surface area contributed by atoms with Gasteiger partial charge in [0.1, 0.15) is 5.82 Å². The van der Waals surface area contributed by atoms with Gasteiger partial charge in [-0.3, -0.25) is 9.59 Å². The fourth-order valence-corrected chi connectivity index (χ4v) is 4.02. The number of thiophene rings is 1. The van der Waals surface area contributed by atoms with Gasteiger partial charge in [-0.25, -0.2) is 9.37 Å². The fraction of sp³-hybridized carbons (Fsp3) is 0.118. The zero-order valence-electron chi connectivity index (χ0n) is 13.3. The summed E-state index contributed by atoms with van der Waals surface area (Å²) >= 11 is 6.13. The quantitative estimate of drug-likeness (QED) is 0.575. The summed E-state index contributed by atoms with van der Waals surface area (Å²) in [5.41, 5.74) is 1.01. The van der Waals surface area contributed by atoms with Gasteiger partial charge in [0.15, 0.2) is 5.13 Å². The van der Waals surface area contributed by atoms with Gasteiger partial charge < -0.3 is 10.6 Å². The third-order valence-corrected chi connectivity index (χ3v) is 5.68. The van der Waals surface area contributed by atoms with Crippen molar-refractivity contribution in [2.75, 3.05) is 11.9 Å². The lowest BCUT2D eigenvalue weighted by Crippen LogP contribution is -2.28. The monoisotopic (exact) mass is 453 g/mol. The number of nitrogens with one attached hydrogen (secondary N) is 2. The van der Waals surface area contributed by atoms with Gasteiger partial charge in [-0.2, -0.15) is 0 Å². The van der Waals surface area contributed by atoms with Crippen molar-refractivity contribution in [2.24, 2.45) is 0 Å². The molecule has 9 heteroatoms. The minimum atomic E-state index is -0.499. The lowest BCUT2D eigenvalue weighted by molar-refractivity contribution is -0.116. The molecular weight excluding hydrogens is 441 g/mol. The molecule has 3 aromatic rings. The molecular formula is C17H13BrFN3O2S2. The van der Waals surface area contributed by atoms with Gasteiger partial charge in [0.2, 0.25) is 5.91 Å². The number of nitrogens with zero attached hydrogens (tertiary/aromatic N) is 1. The maximum atomic E-state index is 13.2. The van der Waals surface area contributed by atoms with E-state index in [9.17, 15) is 14.0 Å². The van der Waals surface area contributed by atoms with Crippen LogP contribution in [-0.4, -0.2) is 23.3 Å². The Bertz CT molecular complexity index is 928. The van der Waals surface area contributed by atoms with Crippen LogP contribution in [0.2, 0.25) is 0 Å². The summed E-state index contributed by atoms with van der Waals surface area (Å²) in [4.78, 5) is 29.4. The van der Waals surface area contributed by atoms with Crippen molar-refractivity contribution in [1.82, 2.24) is 10.3 Å². The number of aromatic nitrogens is 1. The van der Waals surface area contributed by atoms with Crippen LogP contribution >= 0.6 is 38.6 Å². The molecule has 26 heavy (non-hydrogen) atoms. The van der Waals surface area contributed by atoms with Crippen LogP contribution in [0.4, 0.5) is 9.52 Å². The van der Waals surface area contributed by atoms with Gasteiger partial charge in [-0.15, -0.1) is 22.7 Å². The number of rotatable bonds is 6. The Morgan fingerprint density at radius 1 is 1.23 bits per heavy atom. The smallest absolute Gasteiger partial charge is 0.252 e. The molecule has 2 N–H and O–H groups in total. The van der Waals surface area contributed by atoms with E-state index in [1.54, 1.807) is 11.3 Å². The molecule has 0 saturated carbocycles. The minimum absolute atomic E-state index is 0.0899. The first kappa shape index (κ1) is 18.7. The third-order valence-electron chi connectivity index (χ3n) is 3.33. The Morgan fingerprint density at radius 2 is 2.08 bits per heavy atom. The first-order chi connectivity index (χ1) is 12.5. The van der Waals surface area contributed by atoms with Crippen molar-refractivity contribution in [3.05, 3.63) is 56.9 Å². The molecule has 0 radical (unpaired) electrons. The Hall–Kier alpha value is -2.10. The highest BCUT2D eigenvalue weighted by Crippen LogP contribution is 2.28. The fourth-order valence-electron chi connectivity index (χ4n) is 2.11. The maximum Gasteiger partial charge on any atom is 0.252 e. The van der Waals surface area contributed by atoms with Gasteiger partial charge in [0, 0.05) is 22.8 Å². The van der Waals surface area contributed by atoms with Gasteiger partial charge in [-0.1, -0.05) is 6.07 Å². The van der Waals surface area contributed by atoms with Crippen molar-refractivity contribution < 1.29 is 14.0 Å². The number of anilines is 1. The van der Waals surface area contributed by atoms with Gasteiger partial charge >= 0.3 is 0 Å². The molecule has 1 aromatic carbocycles. The van der Waals surface area contributed by atoms with E-state index in [1.807, 2.05) is 22.9 Å². The molecule has 2 heterocycles. The summed E-state index contributed by atoms with van der Waals surface area (Å²) in [7, 11) is 0. The molecule has 5 nitrogen and oxygen atoms in total. The molecule has 0 bridgehead atoms. The molecule has 0 spiro atoms. The Kier molecular flexibility index (Phi) is 6.12. The average Bonchev–Trinajstić information content (AvgIpc) is 3.28. The summed E-state index contributed by atoms with van der Waals surface area (Å²) in [6, 6.07) is 7.77. The highest BCUT2D eigenvalue weighted by Gasteiger charge is 2.12. The highest BCUT2D eigenvalue weighted by atomic mass is 79.9. The third kappa shape index (κ3) is 4.75. The summed E-state index contributed by atoms with van der Waals surface area (Å²) in [5.74, 6) is -1.20. The van der Waals surface area contributed by atoms with Crippen molar-refractivity contribution in [1.29, 1.82) is 0 Å². The number of hydrogen-bond donors (Lipinski definition) is 2. The lowest BCUT2D eigenvalue weighted by atomic mass is 10.2. The molecule has 0 aliphatic rings. The molecule has 2 aromatic heterocycles. The van der Waals surface area contributed by atoms with Gasteiger partial charge in [0.05, 0.1) is 16.1 Å². The number of carbonyl (C=O) groups excluding carboxylic acids is 2. The van der Waals surface area contributed by atoms with Crippen LogP contribution in [0.3, 0.4) is 0 Å². The first-order valence-electron chi connectivity index (χ1n) is 7.55.